The molecule has 0 radical (unpaired) electrons. The van der Waals surface area contributed by atoms with Crippen molar-refractivity contribution in [1.29, 1.82) is 5.26 Å². The third kappa shape index (κ3) is 2.78. The van der Waals surface area contributed by atoms with Gasteiger partial charge in [-0.25, -0.2) is 22.6 Å². The van der Waals surface area contributed by atoms with Gasteiger partial charge in [0.2, 0.25) is 0 Å². The van der Waals surface area contributed by atoms with Crippen LogP contribution in [0.5, 0.6) is 0 Å². The van der Waals surface area contributed by atoms with Crippen molar-refractivity contribution in [2.75, 3.05) is 0 Å². The predicted octanol–water partition coefficient (Wildman–Crippen LogP) is 0.590. The first kappa shape index (κ1) is 13.2. The lowest BCUT2D eigenvalue weighted by atomic mass is 10.2. The van der Waals surface area contributed by atoms with Crippen molar-refractivity contribution in [2.24, 2.45) is 5.14 Å². The fraction of sp³-hybridized carbons (Fsp3) is 0.0909. The van der Waals surface area contributed by atoms with Gasteiger partial charge < -0.3 is 0 Å². The number of hydrogen-bond acceptors (Lipinski definition) is 4. The van der Waals surface area contributed by atoms with Gasteiger partial charge in [0.15, 0.2) is 5.03 Å². The molecule has 0 saturated carbocycles. The molecule has 0 unspecified atom stereocenters. The maximum Gasteiger partial charge on any atom is 0.256 e. The summed E-state index contributed by atoms with van der Waals surface area (Å²) in [6, 6.07) is 7.34. The predicted molar refractivity (Wildman–Crippen MR) is 63.8 cm³/mol. The van der Waals surface area contributed by atoms with Gasteiger partial charge in [0, 0.05) is 0 Å². The van der Waals surface area contributed by atoms with Crippen LogP contribution in [0.15, 0.2) is 35.5 Å². The summed E-state index contributed by atoms with van der Waals surface area (Å²) in [5.41, 5.74) is 0.372. The number of nitrogens with zero attached hydrogens (tertiary/aromatic N) is 3. The molecule has 1 aromatic heterocycles. The van der Waals surface area contributed by atoms with E-state index in [1.165, 1.54) is 18.2 Å². The van der Waals surface area contributed by atoms with Gasteiger partial charge in [-0.15, -0.1) is 0 Å². The van der Waals surface area contributed by atoms with Gasteiger partial charge in [-0.3, -0.25) is 0 Å². The topological polar surface area (TPSA) is 102 Å². The Morgan fingerprint density at radius 1 is 1.47 bits per heavy atom. The van der Waals surface area contributed by atoms with E-state index >= 15 is 0 Å². The van der Waals surface area contributed by atoms with Crippen LogP contribution in [-0.4, -0.2) is 18.2 Å². The Hall–Kier alpha value is -2.24. The van der Waals surface area contributed by atoms with Crippen LogP contribution in [0.3, 0.4) is 0 Å². The Labute approximate surface area is 108 Å². The van der Waals surface area contributed by atoms with E-state index in [1.807, 2.05) is 0 Å². The van der Waals surface area contributed by atoms with Crippen LogP contribution >= 0.6 is 0 Å². The molecule has 19 heavy (non-hydrogen) atoms. The number of halogens is 1. The van der Waals surface area contributed by atoms with Crippen LogP contribution in [0.25, 0.3) is 0 Å². The number of sulfonamides is 1. The zero-order chi connectivity index (χ0) is 14.0. The third-order valence-corrected chi connectivity index (χ3v) is 3.37. The summed E-state index contributed by atoms with van der Waals surface area (Å²) in [5, 5.41) is 17.3. The lowest BCUT2D eigenvalue weighted by Gasteiger charge is -2.06. The van der Waals surface area contributed by atoms with Gasteiger partial charge in [-0.2, -0.15) is 10.4 Å². The number of benzene rings is 1. The van der Waals surface area contributed by atoms with Crippen LogP contribution < -0.4 is 5.14 Å². The molecule has 0 saturated heterocycles. The van der Waals surface area contributed by atoms with Crippen LogP contribution in [0.4, 0.5) is 4.39 Å². The van der Waals surface area contributed by atoms with Gasteiger partial charge in [-0.1, -0.05) is 12.1 Å². The van der Waals surface area contributed by atoms with E-state index in [0.717, 1.165) is 10.9 Å². The van der Waals surface area contributed by atoms with Gasteiger partial charge in [0.1, 0.15) is 17.4 Å². The van der Waals surface area contributed by atoms with Gasteiger partial charge >= 0.3 is 0 Å². The van der Waals surface area contributed by atoms with Crippen molar-refractivity contribution in [2.45, 2.75) is 11.6 Å². The molecule has 0 atom stereocenters. The van der Waals surface area contributed by atoms with Crippen LogP contribution in [-0.2, 0) is 16.6 Å². The molecule has 0 bridgehead atoms. The molecule has 0 fully saturated rings. The molecular weight excluding hydrogens is 271 g/mol. The summed E-state index contributed by atoms with van der Waals surface area (Å²) < 4.78 is 37.0. The highest BCUT2D eigenvalue weighted by Crippen LogP contribution is 2.15. The summed E-state index contributed by atoms with van der Waals surface area (Å²) in [7, 11) is -4.08. The molecule has 1 aromatic carbocycles. The monoisotopic (exact) mass is 280 g/mol. The molecule has 2 aromatic rings. The number of nitriles is 1. The van der Waals surface area contributed by atoms with Crippen molar-refractivity contribution in [3.63, 3.8) is 0 Å². The van der Waals surface area contributed by atoms with E-state index in [1.54, 1.807) is 12.1 Å². The van der Waals surface area contributed by atoms with Gasteiger partial charge in [0.05, 0.1) is 12.7 Å². The zero-order valence-corrected chi connectivity index (χ0v) is 10.4. The Bertz CT molecular complexity index is 761. The van der Waals surface area contributed by atoms with Crippen molar-refractivity contribution >= 4 is 10.0 Å². The zero-order valence-electron chi connectivity index (χ0n) is 9.62. The number of hydrogen-bond donors (Lipinski definition) is 1. The van der Waals surface area contributed by atoms with Gasteiger partial charge in [-0.05, 0) is 17.7 Å². The Balaban J connectivity index is 2.48. The highest BCUT2D eigenvalue weighted by molar-refractivity contribution is 7.89. The quantitative estimate of drug-likeness (QED) is 0.888. The first-order valence-corrected chi connectivity index (χ1v) is 6.69. The SMILES string of the molecule is N#Cc1cnn(Cc2cccc(F)c2)c1S(N)(=O)=O. The van der Waals surface area contributed by atoms with E-state index < -0.39 is 15.8 Å². The van der Waals surface area contributed by atoms with Crippen molar-refractivity contribution in [1.82, 2.24) is 9.78 Å². The number of aromatic nitrogens is 2. The number of nitrogens with two attached hydrogens (primary N) is 1. The second-order valence-corrected chi connectivity index (χ2v) is 5.28. The number of rotatable bonds is 3. The molecule has 8 heteroatoms. The molecule has 0 spiro atoms. The first-order valence-electron chi connectivity index (χ1n) is 5.15. The summed E-state index contributed by atoms with van der Waals surface area (Å²) >= 11 is 0. The summed E-state index contributed by atoms with van der Waals surface area (Å²) in [6.45, 7) is 0.00516. The smallest absolute Gasteiger partial charge is 0.247 e. The highest BCUT2D eigenvalue weighted by atomic mass is 32.2. The van der Waals surface area contributed by atoms with Crippen LogP contribution in [0.1, 0.15) is 11.1 Å². The number of primary sulfonamides is 1. The summed E-state index contributed by atoms with van der Waals surface area (Å²) in [5.74, 6) is -0.442. The molecule has 6 nitrogen and oxygen atoms in total. The van der Waals surface area contributed by atoms with E-state index in [2.05, 4.69) is 5.10 Å². The van der Waals surface area contributed by atoms with E-state index in [-0.39, 0.29) is 17.1 Å². The van der Waals surface area contributed by atoms with Crippen molar-refractivity contribution < 1.29 is 12.8 Å². The fourth-order valence-corrected chi connectivity index (χ4v) is 2.48. The summed E-state index contributed by atoms with van der Waals surface area (Å²) in [6.07, 6.45) is 1.11. The average Bonchev–Trinajstić information content (AvgIpc) is 2.71. The second-order valence-electron chi connectivity index (χ2n) is 3.81. The first-order chi connectivity index (χ1) is 8.91. The molecule has 0 aliphatic carbocycles. The van der Waals surface area contributed by atoms with Gasteiger partial charge in [0.25, 0.3) is 10.0 Å². The van der Waals surface area contributed by atoms with E-state index in [0.29, 0.717) is 5.56 Å². The second kappa shape index (κ2) is 4.79. The minimum absolute atomic E-state index is 0.00516. The molecule has 0 aliphatic rings. The minimum atomic E-state index is -4.08. The molecule has 0 amide bonds. The molecule has 2 N–H and O–H groups in total. The third-order valence-electron chi connectivity index (χ3n) is 2.40. The molecule has 2 rings (SSSR count). The Morgan fingerprint density at radius 2 is 2.21 bits per heavy atom. The average molecular weight is 280 g/mol. The Kier molecular flexibility index (Phi) is 3.33. The lowest BCUT2D eigenvalue weighted by Crippen LogP contribution is -2.19. The van der Waals surface area contributed by atoms with Crippen LogP contribution in [0, 0.1) is 17.1 Å². The van der Waals surface area contributed by atoms with Crippen LogP contribution in [0.2, 0.25) is 0 Å². The summed E-state index contributed by atoms with van der Waals surface area (Å²) in [4.78, 5) is 0. The maximum absolute atomic E-state index is 13.1. The molecule has 1 heterocycles. The molecule has 98 valence electrons. The lowest BCUT2D eigenvalue weighted by molar-refractivity contribution is 0.562. The standard InChI is InChI=1S/C11H9FN4O2S/c12-10-3-1-2-8(4-10)7-16-11(19(14,17)18)9(5-13)6-15-16/h1-4,6H,7H2,(H2,14,17,18). The van der Waals surface area contributed by atoms with E-state index in [9.17, 15) is 12.8 Å². The fourth-order valence-electron chi connectivity index (χ4n) is 1.67. The van der Waals surface area contributed by atoms with Crippen molar-refractivity contribution in [3.8, 4) is 6.07 Å². The molecule has 0 aliphatic heterocycles. The molecular formula is C11H9FN4O2S. The largest absolute Gasteiger partial charge is 0.256 e. The maximum atomic E-state index is 13.1. The van der Waals surface area contributed by atoms with E-state index in [4.69, 9.17) is 10.4 Å². The highest BCUT2D eigenvalue weighted by Gasteiger charge is 2.21. The normalized spacial score (nSPS) is 11.2. The minimum Gasteiger partial charge on any atom is -0.247 e. The Morgan fingerprint density at radius 3 is 2.79 bits per heavy atom. The van der Waals surface area contributed by atoms with Crippen molar-refractivity contribution in [3.05, 3.63) is 47.4 Å².